The molecule has 0 bridgehead atoms. The van der Waals surface area contributed by atoms with E-state index in [1.807, 2.05) is 34.6 Å². The number of carbonyl (C=O) groups is 2. The van der Waals surface area contributed by atoms with E-state index in [0.717, 1.165) is 0 Å². The third-order valence-electron chi connectivity index (χ3n) is 5.92. The number of Topliss-reactive ketones (excluding diaryl/α,β-unsaturated/α-hetero) is 1. The van der Waals surface area contributed by atoms with Gasteiger partial charge in [0.25, 0.3) is 11.7 Å². The molecule has 1 unspecified atom stereocenters. The number of anilines is 1. The van der Waals surface area contributed by atoms with Gasteiger partial charge < -0.3 is 19.3 Å². The van der Waals surface area contributed by atoms with Crippen molar-refractivity contribution in [2.45, 2.75) is 52.9 Å². The highest BCUT2D eigenvalue weighted by atomic mass is 16.5. The molecule has 3 aromatic carbocycles. The van der Waals surface area contributed by atoms with Gasteiger partial charge in [-0.05, 0) is 88.7 Å². The van der Waals surface area contributed by atoms with Crippen molar-refractivity contribution in [3.05, 3.63) is 89.5 Å². The largest absolute Gasteiger partial charge is 0.507 e. The molecule has 0 aliphatic carbocycles. The molecule has 0 spiro atoms. The number of ketones is 1. The lowest BCUT2D eigenvalue weighted by Crippen LogP contribution is -2.29. The van der Waals surface area contributed by atoms with Crippen molar-refractivity contribution in [1.29, 1.82) is 0 Å². The summed E-state index contributed by atoms with van der Waals surface area (Å²) in [5, 5.41) is 11.4. The molecule has 1 fully saturated rings. The molecule has 7 nitrogen and oxygen atoms in total. The Kier molecular flexibility index (Phi) is 8.05. The van der Waals surface area contributed by atoms with E-state index in [9.17, 15) is 14.7 Å². The molecule has 1 heterocycles. The molecule has 0 saturated carbocycles. The number of benzene rings is 3. The number of nitrogens with zero attached hydrogens (tertiary/aromatic N) is 1. The highest BCUT2D eigenvalue weighted by molar-refractivity contribution is 6.51. The van der Waals surface area contributed by atoms with Crippen molar-refractivity contribution in [2.24, 2.45) is 0 Å². The monoisotopic (exact) mass is 515 g/mol. The number of hydrogen-bond acceptors (Lipinski definition) is 6. The van der Waals surface area contributed by atoms with Gasteiger partial charge in [0.2, 0.25) is 0 Å². The first-order valence-electron chi connectivity index (χ1n) is 12.8. The average Bonchev–Trinajstić information content (AvgIpc) is 3.14. The second-order valence-corrected chi connectivity index (χ2v) is 9.53. The summed E-state index contributed by atoms with van der Waals surface area (Å²) in [5.74, 6) is 0.135. The van der Waals surface area contributed by atoms with Crippen LogP contribution in [0, 0.1) is 0 Å². The van der Waals surface area contributed by atoms with Crippen molar-refractivity contribution in [2.75, 3.05) is 11.5 Å². The van der Waals surface area contributed by atoms with Crippen LogP contribution >= 0.6 is 0 Å². The number of carbonyl (C=O) groups excluding carboxylic acids is 2. The van der Waals surface area contributed by atoms with Crippen molar-refractivity contribution in [1.82, 2.24) is 0 Å². The second kappa shape index (κ2) is 11.4. The predicted molar refractivity (Wildman–Crippen MR) is 147 cm³/mol. The molecule has 4 rings (SSSR count). The molecule has 1 aliphatic heterocycles. The highest BCUT2D eigenvalue weighted by Gasteiger charge is 2.47. The Balaban J connectivity index is 1.84. The fraction of sp³-hybridized carbons (Fsp3) is 0.290. The molecular formula is C31H33NO6. The molecular weight excluding hydrogens is 482 g/mol. The highest BCUT2D eigenvalue weighted by Crippen LogP contribution is 2.43. The van der Waals surface area contributed by atoms with Gasteiger partial charge in [-0.3, -0.25) is 14.5 Å². The van der Waals surface area contributed by atoms with E-state index in [2.05, 4.69) is 0 Å². The summed E-state index contributed by atoms with van der Waals surface area (Å²) in [6.45, 7) is 10.1. The number of hydrogen-bond donors (Lipinski definition) is 1. The maximum Gasteiger partial charge on any atom is 0.300 e. The van der Waals surface area contributed by atoms with Crippen molar-refractivity contribution >= 4 is 23.1 Å². The van der Waals surface area contributed by atoms with Gasteiger partial charge in [0.05, 0.1) is 30.4 Å². The molecule has 38 heavy (non-hydrogen) atoms. The number of rotatable bonds is 9. The Bertz CT molecular complexity index is 1330. The van der Waals surface area contributed by atoms with Crippen molar-refractivity contribution in [3.8, 4) is 17.2 Å². The lowest BCUT2D eigenvalue weighted by molar-refractivity contribution is -0.132. The van der Waals surface area contributed by atoms with Gasteiger partial charge in [-0.1, -0.05) is 18.2 Å². The van der Waals surface area contributed by atoms with Crippen molar-refractivity contribution < 1.29 is 28.9 Å². The first-order valence-corrected chi connectivity index (χ1v) is 12.8. The average molecular weight is 516 g/mol. The van der Waals surface area contributed by atoms with Crippen LogP contribution in [0.4, 0.5) is 5.69 Å². The topological polar surface area (TPSA) is 85.3 Å². The van der Waals surface area contributed by atoms with Gasteiger partial charge in [0.1, 0.15) is 23.0 Å². The first-order chi connectivity index (χ1) is 18.2. The fourth-order valence-corrected chi connectivity index (χ4v) is 4.42. The lowest BCUT2D eigenvalue weighted by atomic mass is 9.95. The number of ether oxygens (including phenoxy) is 3. The van der Waals surface area contributed by atoms with Gasteiger partial charge in [-0.2, -0.15) is 0 Å². The standard InChI is InChI=1S/C31H33NO6/c1-6-36-26-9-7-8-23(18-26)32-28(21-10-14-24(15-11-21)37-19(2)3)27(30(34)31(32)35)29(33)22-12-16-25(17-13-22)38-20(4)5/h7-20,28,33H,6H2,1-5H3/b29-27+. The summed E-state index contributed by atoms with van der Waals surface area (Å²) in [4.78, 5) is 28.3. The molecule has 1 saturated heterocycles. The third kappa shape index (κ3) is 5.67. The Morgan fingerprint density at radius 2 is 1.42 bits per heavy atom. The van der Waals surface area contributed by atoms with Crippen LogP contribution in [0.3, 0.4) is 0 Å². The first kappa shape index (κ1) is 26.8. The maximum atomic E-state index is 13.4. The van der Waals surface area contributed by atoms with Crippen LogP contribution in [0.1, 0.15) is 51.8 Å². The van der Waals surface area contributed by atoms with Gasteiger partial charge in [-0.25, -0.2) is 0 Å². The summed E-state index contributed by atoms with van der Waals surface area (Å²) in [5.41, 5.74) is 1.56. The molecule has 3 aromatic rings. The fourth-order valence-electron chi connectivity index (χ4n) is 4.42. The smallest absolute Gasteiger partial charge is 0.300 e. The van der Waals surface area contributed by atoms with Crippen molar-refractivity contribution in [3.63, 3.8) is 0 Å². The van der Waals surface area contributed by atoms with Crippen LogP contribution in [-0.4, -0.2) is 35.6 Å². The summed E-state index contributed by atoms with van der Waals surface area (Å²) in [6, 6.07) is 20.2. The Morgan fingerprint density at radius 3 is 1.97 bits per heavy atom. The van der Waals surface area contributed by atoms with E-state index >= 15 is 0 Å². The molecule has 1 atom stereocenters. The van der Waals surface area contributed by atoms with Gasteiger partial charge in [-0.15, -0.1) is 0 Å². The zero-order valence-electron chi connectivity index (χ0n) is 22.3. The molecule has 7 heteroatoms. The summed E-state index contributed by atoms with van der Waals surface area (Å²) < 4.78 is 17.1. The summed E-state index contributed by atoms with van der Waals surface area (Å²) in [7, 11) is 0. The lowest BCUT2D eigenvalue weighted by Gasteiger charge is -2.26. The molecule has 1 N–H and O–H groups in total. The van der Waals surface area contributed by atoms with E-state index in [-0.39, 0.29) is 23.5 Å². The second-order valence-electron chi connectivity index (χ2n) is 9.53. The number of aliphatic hydroxyl groups is 1. The summed E-state index contributed by atoms with van der Waals surface area (Å²) >= 11 is 0. The third-order valence-corrected chi connectivity index (χ3v) is 5.92. The predicted octanol–water partition coefficient (Wildman–Crippen LogP) is 6.29. The van der Waals surface area contributed by atoms with E-state index in [4.69, 9.17) is 14.2 Å². The minimum atomic E-state index is -0.855. The van der Waals surface area contributed by atoms with Gasteiger partial charge in [0.15, 0.2) is 0 Å². The molecule has 1 amide bonds. The van der Waals surface area contributed by atoms with E-state index < -0.39 is 17.7 Å². The minimum absolute atomic E-state index is 0.00422. The quantitative estimate of drug-likeness (QED) is 0.205. The van der Waals surface area contributed by atoms with Gasteiger partial charge in [0, 0.05) is 17.3 Å². The maximum absolute atomic E-state index is 13.4. The van der Waals surface area contributed by atoms with E-state index in [1.165, 1.54) is 4.90 Å². The van der Waals surface area contributed by atoms with Crippen LogP contribution in [-0.2, 0) is 9.59 Å². The molecule has 198 valence electrons. The van der Waals surface area contributed by atoms with E-state index in [1.54, 1.807) is 72.8 Å². The molecule has 0 radical (unpaired) electrons. The van der Waals surface area contributed by atoms with Crippen LogP contribution in [0.2, 0.25) is 0 Å². The number of aliphatic hydroxyl groups excluding tert-OH is 1. The number of amides is 1. The molecule has 1 aliphatic rings. The van der Waals surface area contributed by atoms with Crippen LogP contribution in [0.15, 0.2) is 78.4 Å². The summed E-state index contributed by atoms with van der Waals surface area (Å²) in [6.07, 6.45) is -0.00897. The van der Waals surface area contributed by atoms with Crippen LogP contribution < -0.4 is 19.1 Å². The van der Waals surface area contributed by atoms with Crippen LogP contribution in [0.5, 0.6) is 17.2 Å². The zero-order valence-corrected chi connectivity index (χ0v) is 22.3. The van der Waals surface area contributed by atoms with Crippen LogP contribution in [0.25, 0.3) is 5.76 Å². The van der Waals surface area contributed by atoms with E-state index in [0.29, 0.717) is 40.7 Å². The molecule has 0 aromatic heterocycles. The SMILES string of the molecule is CCOc1cccc(N2C(=O)C(=O)/C(=C(/O)c3ccc(OC(C)C)cc3)C2c2ccc(OC(C)C)cc2)c1. The Morgan fingerprint density at radius 1 is 0.842 bits per heavy atom. The Hall–Kier alpha value is -4.26. The van der Waals surface area contributed by atoms with Gasteiger partial charge >= 0.3 is 0 Å². The minimum Gasteiger partial charge on any atom is -0.507 e. The normalized spacial score (nSPS) is 16.8. The zero-order chi connectivity index (χ0) is 27.4. The Labute approximate surface area is 223 Å².